The van der Waals surface area contributed by atoms with Gasteiger partial charge in [0, 0.05) is 28.6 Å². The average molecular weight is 428 g/mol. The lowest BCUT2D eigenvalue weighted by molar-refractivity contribution is -0.274. The lowest BCUT2D eigenvalue weighted by Crippen LogP contribution is -2.17. The summed E-state index contributed by atoms with van der Waals surface area (Å²) in [5.41, 5.74) is 3.47. The first kappa shape index (κ1) is 19.0. The number of anilines is 1. The zero-order valence-corrected chi connectivity index (χ0v) is 15.9. The van der Waals surface area contributed by atoms with Crippen LogP contribution in [0.25, 0.3) is 5.69 Å². The van der Waals surface area contributed by atoms with E-state index in [1.807, 2.05) is 6.07 Å². The Hall–Kier alpha value is -2.38. The highest BCUT2D eigenvalue weighted by Crippen LogP contribution is 2.32. The van der Waals surface area contributed by atoms with Gasteiger partial charge in [0.05, 0.1) is 11.4 Å². The van der Waals surface area contributed by atoms with Crippen LogP contribution in [0.2, 0.25) is 10.0 Å². The molecule has 0 saturated heterocycles. The highest BCUT2D eigenvalue weighted by molar-refractivity contribution is 6.35. The molecule has 0 fully saturated rings. The molecule has 0 bridgehead atoms. The molecule has 1 aromatic heterocycles. The zero-order valence-electron chi connectivity index (χ0n) is 14.4. The Morgan fingerprint density at radius 1 is 1.11 bits per heavy atom. The average Bonchev–Trinajstić information content (AvgIpc) is 3.20. The van der Waals surface area contributed by atoms with Gasteiger partial charge in [0.1, 0.15) is 11.6 Å². The number of benzene rings is 2. The van der Waals surface area contributed by atoms with Crippen molar-refractivity contribution < 1.29 is 17.9 Å². The third-order valence-electron chi connectivity index (χ3n) is 4.42. The van der Waals surface area contributed by atoms with Crippen LogP contribution in [-0.4, -0.2) is 22.7 Å². The van der Waals surface area contributed by atoms with Crippen molar-refractivity contribution in [3.8, 4) is 11.4 Å². The topological polar surface area (TPSA) is 39.1 Å². The normalized spacial score (nSPS) is 13.3. The van der Waals surface area contributed by atoms with Gasteiger partial charge >= 0.3 is 6.36 Å². The summed E-state index contributed by atoms with van der Waals surface area (Å²) in [5, 5.41) is 9.08. The van der Waals surface area contributed by atoms with Crippen LogP contribution in [0.15, 0.2) is 42.5 Å². The van der Waals surface area contributed by atoms with Crippen LogP contribution in [0.4, 0.5) is 19.0 Å². The number of ether oxygens (including phenoxy) is 1. The molecule has 1 N–H and O–H groups in total. The molecule has 2 aromatic carbocycles. The predicted molar refractivity (Wildman–Crippen MR) is 102 cm³/mol. The number of rotatable bonds is 4. The number of hydrogen-bond acceptors (Lipinski definition) is 3. The van der Waals surface area contributed by atoms with Crippen LogP contribution in [0, 0.1) is 0 Å². The largest absolute Gasteiger partial charge is 0.573 e. The molecule has 0 amide bonds. The van der Waals surface area contributed by atoms with Gasteiger partial charge in [0.25, 0.3) is 0 Å². The van der Waals surface area contributed by atoms with Crippen molar-refractivity contribution in [2.24, 2.45) is 0 Å². The number of alkyl halides is 3. The first-order valence-corrected chi connectivity index (χ1v) is 9.20. The molecule has 4 rings (SSSR count). The van der Waals surface area contributed by atoms with Crippen LogP contribution in [0.5, 0.6) is 5.75 Å². The molecule has 0 unspecified atom stereocenters. The third kappa shape index (κ3) is 3.91. The minimum absolute atomic E-state index is 0.277. The van der Waals surface area contributed by atoms with E-state index in [0.717, 1.165) is 35.6 Å². The molecule has 0 saturated carbocycles. The van der Waals surface area contributed by atoms with E-state index in [4.69, 9.17) is 23.2 Å². The third-order valence-corrected chi connectivity index (χ3v) is 5.01. The van der Waals surface area contributed by atoms with Gasteiger partial charge < -0.3 is 10.1 Å². The van der Waals surface area contributed by atoms with Crippen molar-refractivity contribution in [3.05, 3.63) is 69.3 Å². The van der Waals surface area contributed by atoms with Crippen molar-refractivity contribution in [3.63, 3.8) is 0 Å². The summed E-state index contributed by atoms with van der Waals surface area (Å²) in [5.74, 6) is 0.561. The first-order valence-electron chi connectivity index (χ1n) is 8.45. The van der Waals surface area contributed by atoms with E-state index < -0.39 is 6.36 Å². The number of fused-ring (bicyclic) bond motifs is 1. The predicted octanol–water partition coefficient (Wildman–Crippen LogP) is 5.64. The Morgan fingerprint density at radius 3 is 2.54 bits per heavy atom. The summed E-state index contributed by atoms with van der Waals surface area (Å²) in [6, 6.07) is 10.9. The molecule has 0 spiro atoms. The summed E-state index contributed by atoms with van der Waals surface area (Å²) in [7, 11) is 0. The van der Waals surface area contributed by atoms with Crippen LogP contribution in [0.1, 0.15) is 16.8 Å². The summed E-state index contributed by atoms with van der Waals surface area (Å²) >= 11 is 12.2. The molecule has 146 valence electrons. The first-order chi connectivity index (χ1) is 13.3. The molecule has 1 aliphatic rings. The van der Waals surface area contributed by atoms with Gasteiger partial charge in [-0.15, -0.1) is 13.2 Å². The highest BCUT2D eigenvalue weighted by Gasteiger charge is 2.31. The van der Waals surface area contributed by atoms with E-state index in [1.54, 1.807) is 16.8 Å². The van der Waals surface area contributed by atoms with E-state index in [-0.39, 0.29) is 5.75 Å². The van der Waals surface area contributed by atoms with Crippen molar-refractivity contribution in [1.29, 1.82) is 0 Å². The Bertz CT molecular complexity index is 1020. The number of aromatic nitrogens is 2. The van der Waals surface area contributed by atoms with Crippen LogP contribution in [0.3, 0.4) is 0 Å². The smallest absolute Gasteiger partial charge is 0.406 e. The van der Waals surface area contributed by atoms with E-state index in [9.17, 15) is 13.2 Å². The maximum atomic E-state index is 12.3. The molecule has 0 radical (unpaired) electrons. The second-order valence-electron chi connectivity index (χ2n) is 6.32. The lowest BCUT2D eigenvalue weighted by atomic mass is 10.1. The monoisotopic (exact) mass is 427 g/mol. The van der Waals surface area contributed by atoms with Gasteiger partial charge in [-0.3, -0.25) is 0 Å². The van der Waals surface area contributed by atoms with Gasteiger partial charge in [-0.25, -0.2) is 4.68 Å². The standard InChI is InChI=1S/C19H14Cl2F3N3O/c20-12-2-1-11(16(21)10-12)9-17-15-7-8-25-18(15)27(26-17)13-3-5-14(6-4-13)28-19(22,23)24/h1-6,10,25H,7-9H2. The molecule has 28 heavy (non-hydrogen) atoms. The van der Waals surface area contributed by atoms with Gasteiger partial charge in [-0.1, -0.05) is 29.3 Å². The van der Waals surface area contributed by atoms with E-state index >= 15 is 0 Å². The Labute approximate surface area is 168 Å². The summed E-state index contributed by atoms with van der Waals surface area (Å²) in [6.45, 7) is 0.768. The molecule has 2 heterocycles. The van der Waals surface area contributed by atoms with E-state index in [1.165, 1.54) is 24.3 Å². The number of nitrogens with one attached hydrogen (secondary N) is 1. The van der Waals surface area contributed by atoms with Crippen LogP contribution >= 0.6 is 23.2 Å². The molecule has 0 atom stereocenters. The van der Waals surface area contributed by atoms with E-state index in [2.05, 4.69) is 15.2 Å². The minimum Gasteiger partial charge on any atom is -0.406 e. The number of nitrogens with zero attached hydrogens (tertiary/aromatic N) is 2. The summed E-state index contributed by atoms with van der Waals surface area (Å²) in [4.78, 5) is 0. The zero-order chi connectivity index (χ0) is 19.9. The highest BCUT2D eigenvalue weighted by atomic mass is 35.5. The fourth-order valence-electron chi connectivity index (χ4n) is 3.21. The van der Waals surface area contributed by atoms with E-state index in [0.29, 0.717) is 22.2 Å². The minimum atomic E-state index is -4.72. The Kier molecular flexibility index (Phi) is 4.89. The molecule has 1 aliphatic heterocycles. The van der Waals surface area contributed by atoms with Gasteiger partial charge in [0.2, 0.25) is 0 Å². The van der Waals surface area contributed by atoms with Crippen LogP contribution < -0.4 is 10.1 Å². The number of hydrogen-bond donors (Lipinski definition) is 1. The SMILES string of the molecule is FC(F)(F)Oc1ccc(-n2nc(Cc3ccc(Cl)cc3Cl)c3c2NCC3)cc1. The number of halogens is 5. The fraction of sp³-hybridized carbons (Fsp3) is 0.211. The lowest BCUT2D eigenvalue weighted by Gasteiger charge is -2.10. The van der Waals surface area contributed by atoms with Gasteiger partial charge in [-0.05, 0) is 48.4 Å². The van der Waals surface area contributed by atoms with Gasteiger partial charge in [-0.2, -0.15) is 5.10 Å². The molecule has 3 aromatic rings. The Morgan fingerprint density at radius 2 is 1.86 bits per heavy atom. The molecular formula is C19H14Cl2F3N3O. The van der Waals surface area contributed by atoms with Crippen LogP contribution in [-0.2, 0) is 12.8 Å². The molecule has 9 heteroatoms. The second-order valence-corrected chi connectivity index (χ2v) is 7.16. The van der Waals surface area contributed by atoms with Gasteiger partial charge in [0.15, 0.2) is 0 Å². The van der Waals surface area contributed by atoms with Crippen molar-refractivity contribution in [2.45, 2.75) is 19.2 Å². The second kappa shape index (κ2) is 7.22. The van der Waals surface area contributed by atoms with Crippen molar-refractivity contribution in [2.75, 3.05) is 11.9 Å². The molecule has 0 aliphatic carbocycles. The molecule has 4 nitrogen and oxygen atoms in total. The quantitative estimate of drug-likeness (QED) is 0.585. The summed E-state index contributed by atoms with van der Waals surface area (Å²) < 4.78 is 42.6. The summed E-state index contributed by atoms with van der Waals surface area (Å²) in [6.07, 6.45) is -3.38. The maximum Gasteiger partial charge on any atom is 0.573 e. The maximum absolute atomic E-state index is 12.3. The van der Waals surface area contributed by atoms with Crippen molar-refractivity contribution >= 4 is 29.0 Å². The molecular weight excluding hydrogens is 414 g/mol. The Balaban J connectivity index is 1.65. The fourth-order valence-corrected chi connectivity index (χ4v) is 3.68. The van der Waals surface area contributed by atoms with Crippen molar-refractivity contribution in [1.82, 2.24) is 9.78 Å².